The number of nitrogens with one attached hydrogen (secondary N) is 2. The molecule has 2 aromatic rings. The van der Waals surface area contributed by atoms with Crippen molar-refractivity contribution in [3.8, 4) is 0 Å². The van der Waals surface area contributed by atoms with Gasteiger partial charge in [-0.15, -0.1) is 0 Å². The maximum atomic E-state index is 13.4. The van der Waals surface area contributed by atoms with Gasteiger partial charge in [-0.3, -0.25) is 25.8 Å². The first-order valence-corrected chi connectivity index (χ1v) is 5.84. The van der Waals surface area contributed by atoms with Crippen molar-refractivity contribution >= 4 is 29.0 Å². The van der Waals surface area contributed by atoms with Crippen molar-refractivity contribution in [3.63, 3.8) is 0 Å². The van der Waals surface area contributed by atoms with Gasteiger partial charge in [0.05, 0.1) is 10.5 Å². The molecule has 108 valence electrons. The van der Waals surface area contributed by atoms with E-state index in [0.717, 1.165) is 12.4 Å². The number of nitrogens with zero attached hydrogens (tertiary/aromatic N) is 3. The van der Waals surface area contributed by atoms with Gasteiger partial charge in [0.1, 0.15) is 12.1 Å². The summed E-state index contributed by atoms with van der Waals surface area (Å²) in [4.78, 5) is 28.8. The molecule has 0 aliphatic rings. The number of hydrazine groups is 1. The second-order valence-electron chi connectivity index (χ2n) is 3.68. The molecule has 2 N–H and O–H groups in total. The molecule has 0 radical (unpaired) electrons. The molecule has 1 amide bonds. The summed E-state index contributed by atoms with van der Waals surface area (Å²) in [5.74, 6) is -1.87. The molecule has 2 rings (SSSR count). The number of hydrogen-bond donors (Lipinski definition) is 2. The van der Waals surface area contributed by atoms with E-state index in [0.29, 0.717) is 0 Å². The van der Waals surface area contributed by atoms with Gasteiger partial charge in [-0.2, -0.15) is 0 Å². The lowest BCUT2D eigenvalue weighted by Gasteiger charge is -2.08. The highest BCUT2D eigenvalue weighted by Crippen LogP contribution is 2.27. The maximum absolute atomic E-state index is 13.4. The fourth-order valence-electron chi connectivity index (χ4n) is 1.44. The van der Waals surface area contributed by atoms with Gasteiger partial charge in [-0.25, -0.2) is 14.4 Å². The summed E-state index contributed by atoms with van der Waals surface area (Å²) < 4.78 is 13.4. The minimum Gasteiger partial charge on any atom is -0.276 e. The number of anilines is 1. The van der Waals surface area contributed by atoms with E-state index in [2.05, 4.69) is 20.8 Å². The van der Waals surface area contributed by atoms with E-state index in [9.17, 15) is 19.3 Å². The summed E-state index contributed by atoms with van der Waals surface area (Å²) in [7, 11) is 0. The van der Waals surface area contributed by atoms with Crippen molar-refractivity contribution < 1.29 is 14.1 Å². The van der Waals surface area contributed by atoms with Crippen LogP contribution in [0.3, 0.4) is 0 Å². The van der Waals surface area contributed by atoms with Crippen LogP contribution in [0.5, 0.6) is 0 Å². The Morgan fingerprint density at radius 1 is 1.33 bits per heavy atom. The standard InChI is InChI=1S/C11H7ClFN5O3/c12-9-8(18(20)21)10(15-5-14-9)16-17-11(19)6-3-1-2-4-7(6)13/h1-5H,(H,17,19)(H,14,15,16). The summed E-state index contributed by atoms with van der Waals surface area (Å²) in [6.07, 6.45) is 0.979. The first kappa shape index (κ1) is 14.6. The Balaban J connectivity index is 2.18. The Morgan fingerprint density at radius 2 is 2.05 bits per heavy atom. The summed E-state index contributed by atoms with van der Waals surface area (Å²) in [6.45, 7) is 0. The number of halogens is 2. The Labute approximate surface area is 122 Å². The van der Waals surface area contributed by atoms with Crippen LogP contribution in [0.1, 0.15) is 10.4 Å². The van der Waals surface area contributed by atoms with Crippen LogP contribution in [0.4, 0.5) is 15.9 Å². The highest BCUT2D eigenvalue weighted by Gasteiger charge is 2.22. The van der Waals surface area contributed by atoms with Crippen LogP contribution in [0.15, 0.2) is 30.6 Å². The number of carbonyl (C=O) groups is 1. The molecule has 0 spiro atoms. The number of rotatable bonds is 4. The predicted octanol–water partition coefficient (Wildman–Crippen LogP) is 1.93. The zero-order valence-electron chi connectivity index (χ0n) is 10.2. The third-order valence-corrected chi connectivity index (χ3v) is 2.65. The van der Waals surface area contributed by atoms with Gasteiger partial charge in [0.25, 0.3) is 5.91 Å². The van der Waals surface area contributed by atoms with Crippen LogP contribution in [0, 0.1) is 15.9 Å². The Bertz CT molecular complexity index is 712. The van der Waals surface area contributed by atoms with E-state index < -0.39 is 27.5 Å². The Kier molecular flexibility index (Phi) is 4.24. The molecule has 10 heteroatoms. The minimum absolute atomic E-state index is 0.229. The Morgan fingerprint density at radius 3 is 2.71 bits per heavy atom. The van der Waals surface area contributed by atoms with Crippen molar-refractivity contribution in [2.45, 2.75) is 0 Å². The van der Waals surface area contributed by atoms with Crippen molar-refractivity contribution in [3.05, 3.63) is 57.2 Å². The molecule has 1 aromatic heterocycles. The van der Waals surface area contributed by atoms with Crippen molar-refractivity contribution in [2.24, 2.45) is 0 Å². The zero-order valence-corrected chi connectivity index (χ0v) is 11.0. The monoisotopic (exact) mass is 311 g/mol. The van der Waals surface area contributed by atoms with Gasteiger partial charge < -0.3 is 0 Å². The number of nitro groups is 1. The second kappa shape index (κ2) is 6.09. The topological polar surface area (TPSA) is 110 Å². The number of amides is 1. The van der Waals surface area contributed by atoms with Gasteiger partial charge >= 0.3 is 5.69 Å². The maximum Gasteiger partial charge on any atom is 0.350 e. The molecule has 8 nitrogen and oxygen atoms in total. The minimum atomic E-state index is -0.822. The predicted molar refractivity (Wildman–Crippen MR) is 71.2 cm³/mol. The highest BCUT2D eigenvalue weighted by molar-refractivity contribution is 6.31. The fourth-order valence-corrected chi connectivity index (χ4v) is 1.64. The first-order valence-electron chi connectivity index (χ1n) is 5.46. The zero-order chi connectivity index (χ0) is 15.4. The molecule has 1 aromatic carbocycles. The summed E-state index contributed by atoms with van der Waals surface area (Å²) in [5, 5.41) is 10.4. The van der Waals surface area contributed by atoms with E-state index in [1.165, 1.54) is 18.2 Å². The quantitative estimate of drug-likeness (QED) is 0.507. The number of benzene rings is 1. The summed E-state index contributed by atoms with van der Waals surface area (Å²) in [6, 6.07) is 5.27. The second-order valence-corrected chi connectivity index (χ2v) is 4.04. The lowest BCUT2D eigenvalue weighted by Crippen LogP contribution is -2.31. The van der Waals surface area contributed by atoms with E-state index >= 15 is 0 Å². The van der Waals surface area contributed by atoms with Gasteiger partial charge in [0, 0.05) is 0 Å². The van der Waals surface area contributed by atoms with Gasteiger partial charge in [-0.1, -0.05) is 23.7 Å². The average molecular weight is 312 g/mol. The molecule has 21 heavy (non-hydrogen) atoms. The van der Waals surface area contributed by atoms with Crippen LogP contribution < -0.4 is 10.9 Å². The Hall–Kier alpha value is -2.81. The number of carbonyl (C=O) groups excluding carboxylic acids is 1. The molecule has 0 saturated heterocycles. The van der Waals surface area contributed by atoms with Gasteiger partial charge in [0.15, 0.2) is 0 Å². The lowest BCUT2D eigenvalue weighted by atomic mass is 10.2. The van der Waals surface area contributed by atoms with Crippen LogP contribution in [-0.4, -0.2) is 20.8 Å². The number of hydrogen-bond acceptors (Lipinski definition) is 6. The van der Waals surface area contributed by atoms with E-state index in [1.807, 2.05) is 0 Å². The van der Waals surface area contributed by atoms with E-state index in [-0.39, 0.29) is 11.4 Å². The van der Waals surface area contributed by atoms with Crippen molar-refractivity contribution in [2.75, 3.05) is 5.43 Å². The molecule has 0 saturated carbocycles. The third kappa shape index (κ3) is 3.20. The molecular weight excluding hydrogens is 305 g/mol. The third-order valence-electron chi connectivity index (χ3n) is 2.37. The SMILES string of the molecule is O=C(NNc1ncnc(Cl)c1[N+](=O)[O-])c1ccccc1F. The molecule has 0 fully saturated rings. The first-order chi connectivity index (χ1) is 10.0. The van der Waals surface area contributed by atoms with Crippen LogP contribution >= 0.6 is 11.6 Å². The number of aromatic nitrogens is 2. The molecule has 0 unspecified atom stereocenters. The van der Waals surface area contributed by atoms with Gasteiger partial charge in [0.2, 0.25) is 11.0 Å². The molecule has 0 atom stereocenters. The van der Waals surface area contributed by atoms with Gasteiger partial charge in [-0.05, 0) is 12.1 Å². The molecule has 1 heterocycles. The van der Waals surface area contributed by atoms with Crippen LogP contribution in [0.25, 0.3) is 0 Å². The molecule has 0 bridgehead atoms. The summed E-state index contributed by atoms with van der Waals surface area (Å²) in [5.41, 5.74) is 3.48. The molecular formula is C11H7ClFN5O3. The molecule has 0 aliphatic heterocycles. The average Bonchev–Trinajstić information content (AvgIpc) is 2.44. The largest absolute Gasteiger partial charge is 0.350 e. The van der Waals surface area contributed by atoms with Crippen LogP contribution in [-0.2, 0) is 0 Å². The van der Waals surface area contributed by atoms with E-state index in [4.69, 9.17) is 11.6 Å². The lowest BCUT2D eigenvalue weighted by molar-refractivity contribution is -0.384. The smallest absolute Gasteiger partial charge is 0.276 e. The molecule has 0 aliphatic carbocycles. The van der Waals surface area contributed by atoms with E-state index in [1.54, 1.807) is 0 Å². The normalized spacial score (nSPS) is 10.0. The van der Waals surface area contributed by atoms with Crippen LogP contribution in [0.2, 0.25) is 5.15 Å². The van der Waals surface area contributed by atoms with Crippen molar-refractivity contribution in [1.29, 1.82) is 0 Å². The highest BCUT2D eigenvalue weighted by atomic mass is 35.5. The van der Waals surface area contributed by atoms with Crippen molar-refractivity contribution in [1.82, 2.24) is 15.4 Å². The summed E-state index contributed by atoms with van der Waals surface area (Å²) >= 11 is 5.58. The fraction of sp³-hybridized carbons (Fsp3) is 0.